The van der Waals surface area contributed by atoms with Gasteiger partial charge < -0.3 is 15.2 Å². The van der Waals surface area contributed by atoms with Crippen molar-refractivity contribution >= 4 is 45.9 Å². The van der Waals surface area contributed by atoms with Crippen molar-refractivity contribution in [3.05, 3.63) is 6.20 Å². The molecule has 9 nitrogen and oxygen atoms in total. The molecule has 2 rings (SSSR count). The van der Waals surface area contributed by atoms with Gasteiger partial charge in [-0.05, 0) is 12.8 Å². The first-order chi connectivity index (χ1) is 15.3. The smallest absolute Gasteiger partial charge is 0.243 e. The number of aliphatic hydroxyl groups excluding tert-OH is 1. The lowest BCUT2D eigenvalue weighted by atomic mass is 9.89. The van der Waals surface area contributed by atoms with Crippen molar-refractivity contribution in [2.45, 2.75) is 69.6 Å². The first-order valence-electron chi connectivity index (χ1n) is 10.9. The van der Waals surface area contributed by atoms with Crippen LogP contribution < -0.4 is 10.8 Å². The summed E-state index contributed by atoms with van der Waals surface area (Å²) in [6.45, 7) is 7.11. The van der Waals surface area contributed by atoms with Gasteiger partial charge in [0.25, 0.3) is 0 Å². The second-order valence-electron chi connectivity index (χ2n) is 8.54. The largest absolute Gasteiger partial charge is 0.475 e. The van der Waals surface area contributed by atoms with Crippen LogP contribution in [0.1, 0.15) is 59.3 Å². The first kappa shape index (κ1) is 26.6. The monoisotopic (exact) mass is 486 g/mol. The van der Waals surface area contributed by atoms with Crippen LogP contribution in [-0.2, 0) is 19.2 Å². The van der Waals surface area contributed by atoms with E-state index in [2.05, 4.69) is 41.5 Å². The van der Waals surface area contributed by atoms with E-state index in [0.717, 1.165) is 35.8 Å². The number of carbonyl (C=O) groups excluding carboxylic acids is 2. The van der Waals surface area contributed by atoms with Gasteiger partial charge in [0.05, 0.1) is 35.9 Å². The third kappa shape index (κ3) is 10.3. The number of aliphatic hydroxyl groups is 1. The molecule has 1 unspecified atom stereocenters. The summed E-state index contributed by atoms with van der Waals surface area (Å²) in [5, 5.41) is 12.0. The molecule has 0 saturated carbocycles. The molecule has 1 atom stereocenters. The van der Waals surface area contributed by atoms with Gasteiger partial charge in [-0.1, -0.05) is 44.9 Å². The van der Waals surface area contributed by atoms with Crippen molar-refractivity contribution in [1.29, 1.82) is 0 Å². The summed E-state index contributed by atoms with van der Waals surface area (Å²) in [5.41, 5.74) is 2.34. The van der Waals surface area contributed by atoms with E-state index in [1.165, 1.54) is 11.3 Å². The van der Waals surface area contributed by atoms with Gasteiger partial charge in [0, 0.05) is 18.3 Å². The predicted octanol–water partition coefficient (Wildman–Crippen LogP) is 3.40. The Morgan fingerprint density at radius 1 is 1.25 bits per heavy atom. The van der Waals surface area contributed by atoms with Gasteiger partial charge >= 0.3 is 0 Å². The second kappa shape index (κ2) is 13.8. The Bertz CT molecular complexity index is 764. The molecule has 3 N–H and O–H groups in total. The number of hydrogen-bond donors (Lipinski definition) is 3. The van der Waals surface area contributed by atoms with Crippen LogP contribution >= 0.6 is 23.1 Å². The maximum absolute atomic E-state index is 12.1. The van der Waals surface area contributed by atoms with Crippen molar-refractivity contribution in [3.63, 3.8) is 0 Å². The lowest BCUT2D eigenvalue weighted by Crippen LogP contribution is -2.29. The molecule has 0 saturated heterocycles. The van der Waals surface area contributed by atoms with Crippen molar-refractivity contribution in [3.8, 4) is 0 Å². The fourth-order valence-electron chi connectivity index (χ4n) is 2.81. The zero-order valence-corrected chi connectivity index (χ0v) is 20.6. The molecule has 0 aliphatic carbocycles. The van der Waals surface area contributed by atoms with Crippen LogP contribution in [0, 0.1) is 5.41 Å². The van der Waals surface area contributed by atoms with Gasteiger partial charge in [-0.3, -0.25) is 19.4 Å². The second-order valence-corrected chi connectivity index (χ2v) is 10.8. The SMILES string of the molecule is CC(C)(C)C1CN=C(CSc2cnc(NC(=O)CCCCCCC(=O)NOCCO)s2)O1. The highest BCUT2D eigenvalue weighted by atomic mass is 32.2. The molecule has 1 aliphatic rings. The van der Waals surface area contributed by atoms with E-state index in [-0.39, 0.29) is 36.5 Å². The fraction of sp³-hybridized carbons (Fsp3) is 0.714. The van der Waals surface area contributed by atoms with E-state index >= 15 is 0 Å². The van der Waals surface area contributed by atoms with E-state index in [1.807, 2.05) is 0 Å². The van der Waals surface area contributed by atoms with Crippen molar-refractivity contribution in [2.75, 3.05) is 30.8 Å². The number of hydrogen-bond acceptors (Lipinski definition) is 9. The number of aliphatic imine (C=N–C) groups is 1. The Balaban J connectivity index is 1.55. The summed E-state index contributed by atoms with van der Waals surface area (Å²) in [6, 6.07) is 0. The molecule has 0 aromatic carbocycles. The van der Waals surface area contributed by atoms with Crippen LogP contribution in [0.4, 0.5) is 5.13 Å². The number of nitrogens with zero attached hydrogens (tertiary/aromatic N) is 2. The van der Waals surface area contributed by atoms with E-state index in [0.29, 0.717) is 30.3 Å². The molecule has 32 heavy (non-hydrogen) atoms. The average molecular weight is 487 g/mol. The highest BCUT2D eigenvalue weighted by Gasteiger charge is 2.31. The number of carbonyl (C=O) groups is 2. The van der Waals surface area contributed by atoms with Crippen LogP contribution in [0.3, 0.4) is 0 Å². The summed E-state index contributed by atoms with van der Waals surface area (Å²) in [5.74, 6) is 1.18. The van der Waals surface area contributed by atoms with E-state index < -0.39 is 0 Å². The number of aromatic nitrogens is 1. The lowest BCUT2D eigenvalue weighted by molar-refractivity contribution is -0.134. The molecule has 0 spiro atoms. The van der Waals surface area contributed by atoms with Gasteiger partial charge in [-0.2, -0.15) is 0 Å². The van der Waals surface area contributed by atoms with Crippen LogP contribution in [0.25, 0.3) is 0 Å². The van der Waals surface area contributed by atoms with Crippen LogP contribution in [0.5, 0.6) is 0 Å². The zero-order valence-electron chi connectivity index (χ0n) is 19.0. The molecule has 1 aliphatic heterocycles. The molecule has 2 amide bonds. The molecule has 1 aromatic heterocycles. The summed E-state index contributed by atoms with van der Waals surface area (Å²) in [7, 11) is 0. The van der Waals surface area contributed by atoms with Crippen LogP contribution in [0.2, 0.25) is 0 Å². The Morgan fingerprint density at radius 2 is 1.97 bits per heavy atom. The van der Waals surface area contributed by atoms with Gasteiger partial charge in [-0.15, -0.1) is 11.8 Å². The summed E-state index contributed by atoms with van der Waals surface area (Å²) in [6.07, 6.45) is 5.89. The third-order valence-electron chi connectivity index (χ3n) is 4.68. The number of hydroxylamine groups is 1. The predicted molar refractivity (Wildman–Crippen MR) is 127 cm³/mol. The van der Waals surface area contributed by atoms with Crippen LogP contribution in [-0.4, -0.2) is 59.4 Å². The number of amides is 2. The molecule has 0 bridgehead atoms. The molecule has 180 valence electrons. The zero-order chi connectivity index (χ0) is 23.4. The third-order valence-corrected chi connectivity index (χ3v) is 6.78. The molecule has 2 heterocycles. The Kier molecular flexibility index (Phi) is 11.4. The van der Waals surface area contributed by atoms with Gasteiger partial charge in [-0.25, -0.2) is 10.5 Å². The topological polar surface area (TPSA) is 122 Å². The number of anilines is 1. The number of nitrogens with one attached hydrogen (secondary N) is 2. The summed E-state index contributed by atoms with van der Waals surface area (Å²) >= 11 is 3.06. The molecule has 0 fully saturated rings. The molecule has 11 heteroatoms. The normalized spacial score (nSPS) is 15.9. The van der Waals surface area contributed by atoms with E-state index in [9.17, 15) is 9.59 Å². The average Bonchev–Trinajstić information content (AvgIpc) is 3.38. The van der Waals surface area contributed by atoms with E-state index in [4.69, 9.17) is 14.7 Å². The minimum absolute atomic E-state index is 0.0532. The van der Waals surface area contributed by atoms with Gasteiger partial charge in [0.1, 0.15) is 6.10 Å². The van der Waals surface area contributed by atoms with Gasteiger partial charge in [0.15, 0.2) is 11.0 Å². The number of unbranched alkanes of at least 4 members (excludes halogenated alkanes) is 3. The highest BCUT2D eigenvalue weighted by molar-refractivity contribution is 8.01. The number of thiazole rings is 1. The van der Waals surface area contributed by atoms with E-state index in [1.54, 1.807) is 18.0 Å². The quantitative estimate of drug-likeness (QED) is 0.209. The van der Waals surface area contributed by atoms with Crippen LogP contribution in [0.15, 0.2) is 15.4 Å². The summed E-state index contributed by atoms with van der Waals surface area (Å²) < 4.78 is 6.94. The maximum Gasteiger partial charge on any atom is 0.243 e. The van der Waals surface area contributed by atoms with Crippen molar-refractivity contribution in [2.24, 2.45) is 10.4 Å². The maximum atomic E-state index is 12.1. The van der Waals surface area contributed by atoms with Crippen molar-refractivity contribution in [1.82, 2.24) is 10.5 Å². The first-order valence-corrected chi connectivity index (χ1v) is 12.7. The fourth-order valence-corrected chi connectivity index (χ4v) is 4.57. The Labute approximate surface area is 197 Å². The Hall–Kier alpha value is -1.69. The number of rotatable bonds is 14. The Morgan fingerprint density at radius 3 is 2.62 bits per heavy atom. The minimum Gasteiger partial charge on any atom is -0.475 e. The molecular formula is C21H34N4O5S2. The molecule has 1 aromatic rings. The molecule has 0 radical (unpaired) electrons. The highest BCUT2D eigenvalue weighted by Crippen LogP contribution is 2.31. The standard InChI is InChI=1S/C21H34N4O5S2/c1-21(2,3)15-12-22-18(30-15)14-31-19-13-23-20(32-19)24-16(27)8-6-4-5-7-9-17(28)25-29-11-10-26/h13,15,26H,4-12,14H2,1-3H3,(H,25,28)(H,23,24,27). The summed E-state index contributed by atoms with van der Waals surface area (Å²) in [4.78, 5) is 37.1. The van der Waals surface area contributed by atoms with Gasteiger partial charge in [0.2, 0.25) is 11.8 Å². The molecular weight excluding hydrogens is 452 g/mol. The number of thioether (sulfide) groups is 1. The lowest BCUT2D eigenvalue weighted by Gasteiger charge is -2.25. The minimum atomic E-state index is -0.200. The van der Waals surface area contributed by atoms with Crippen molar-refractivity contribution < 1.29 is 24.3 Å². The number of ether oxygens (including phenoxy) is 1.